The van der Waals surface area contributed by atoms with Crippen LogP contribution in [0.4, 0.5) is 5.82 Å². The Hall–Kier alpha value is -2.97. The largest absolute Gasteiger partial charge is 0.493 e. The van der Waals surface area contributed by atoms with Crippen LogP contribution in [0.3, 0.4) is 0 Å². The van der Waals surface area contributed by atoms with Crippen LogP contribution in [0, 0.1) is 0 Å². The Morgan fingerprint density at radius 3 is 2.70 bits per heavy atom. The van der Waals surface area contributed by atoms with E-state index in [1.807, 2.05) is 43.3 Å². The van der Waals surface area contributed by atoms with E-state index in [9.17, 15) is 9.59 Å². The van der Waals surface area contributed by atoms with Crippen LogP contribution < -0.4 is 20.3 Å². The smallest absolute Gasteiger partial charge is 0.257 e. The maximum absolute atomic E-state index is 13.2. The van der Waals surface area contributed by atoms with Crippen molar-refractivity contribution in [1.82, 2.24) is 9.97 Å². The zero-order valence-corrected chi connectivity index (χ0v) is 19.9. The molecule has 0 radical (unpaired) electrons. The van der Waals surface area contributed by atoms with Gasteiger partial charge in [0.2, 0.25) is 5.91 Å². The highest BCUT2D eigenvalue weighted by molar-refractivity contribution is 7.98. The number of aromatic amines is 1. The van der Waals surface area contributed by atoms with Crippen molar-refractivity contribution >= 4 is 35.1 Å². The first-order valence-corrected chi connectivity index (χ1v) is 12.0. The molecule has 0 saturated carbocycles. The molecule has 2 heterocycles. The maximum Gasteiger partial charge on any atom is 0.257 e. The van der Waals surface area contributed by atoms with Crippen molar-refractivity contribution in [2.45, 2.75) is 36.6 Å². The van der Waals surface area contributed by atoms with Gasteiger partial charge in [-0.2, -0.15) is 0 Å². The van der Waals surface area contributed by atoms with Gasteiger partial charge in [0.1, 0.15) is 5.82 Å². The molecule has 1 aliphatic heterocycles. The van der Waals surface area contributed by atoms with E-state index in [4.69, 9.17) is 21.1 Å². The summed E-state index contributed by atoms with van der Waals surface area (Å²) < 4.78 is 11.4. The predicted molar refractivity (Wildman–Crippen MR) is 130 cm³/mol. The van der Waals surface area contributed by atoms with Gasteiger partial charge in [-0.15, -0.1) is 0 Å². The van der Waals surface area contributed by atoms with Crippen molar-refractivity contribution in [3.8, 4) is 11.5 Å². The second-order valence-electron chi connectivity index (χ2n) is 7.58. The molecule has 1 amide bonds. The lowest BCUT2D eigenvalue weighted by atomic mass is 9.86. The van der Waals surface area contributed by atoms with E-state index in [1.54, 1.807) is 13.2 Å². The van der Waals surface area contributed by atoms with Crippen LogP contribution in [0.15, 0.2) is 52.4 Å². The molecule has 0 saturated heterocycles. The number of hydrogen-bond donors (Lipinski definition) is 2. The molecule has 1 atom stereocenters. The van der Waals surface area contributed by atoms with Gasteiger partial charge in [-0.1, -0.05) is 54.6 Å². The second-order valence-corrected chi connectivity index (χ2v) is 8.98. The molecular formula is C24H24ClN3O4S. The summed E-state index contributed by atoms with van der Waals surface area (Å²) in [4.78, 5) is 33.1. The molecule has 0 fully saturated rings. The number of anilines is 1. The van der Waals surface area contributed by atoms with E-state index < -0.39 is 5.92 Å². The number of carbonyl (C=O) groups is 1. The number of amides is 1. The zero-order chi connectivity index (χ0) is 23.4. The van der Waals surface area contributed by atoms with Crippen molar-refractivity contribution in [2.24, 2.45) is 0 Å². The average Bonchev–Trinajstić information content (AvgIpc) is 2.81. The number of H-pyrrole nitrogens is 1. The fourth-order valence-corrected chi connectivity index (χ4v) is 4.69. The molecule has 1 aromatic heterocycles. The van der Waals surface area contributed by atoms with Crippen LogP contribution >= 0.6 is 23.4 Å². The van der Waals surface area contributed by atoms with Gasteiger partial charge in [-0.05, 0) is 30.2 Å². The molecular weight excluding hydrogens is 462 g/mol. The van der Waals surface area contributed by atoms with Crippen LogP contribution in [-0.4, -0.2) is 29.6 Å². The van der Waals surface area contributed by atoms with Gasteiger partial charge in [0.15, 0.2) is 16.7 Å². The number of hydrogen-bond acceptors (Lipinski definition) is 6. The monoisotopic (exact) mass is 485 g/mol. The Balaban J connectivity index is 1.69. The number of aromatic nitrogens is 2. The van der Waals surface area contributed by atoms with Crippen LogP contribution in [-0.2, 0) is 10.5 Å². The van der Waals surface area contributed by atoms with E-state index in [2.05, 4.69) is 15.3 Å². The van der Waals surface area contributed by atoms with Crippen molar-refractivity contribution in [3.63, 3.8) is 0 Å². The molecule has 0 unspecified atom stereocenters. The van der Waals surface area contributed by atoms with Gasteiger partial charge in [0.25, 0.3) is 5.56 Å². The van der Waals surface area contributed by atoms with Crippen molar-refractivity contribution < 1.29 is 14.3 Å². The molecule has 7 nitrogen and oxygen atoms in total. The van der Waals surface area contributed by atoms with Gasteiger partial charge < -0.3 is 19.8 Å². The topological polar surface area (TPSA) is 93.3 Å². The fourth-order valence-electron chi connectivity index (χ4n) is 3.74. The summed E-state index contributed by atoms with van der Waals surface area (Å²) in [5, 5.41) is 3.86. The third-order valence-corrected chi connectivity index (χ3v) is 6.47. The molecule has 4 rings (SSSR count). The molecule has 33 heavy (non-hydrogen) atoms. The first kappa shape index (κ1) is 23.2. The Bertz CT molecular complexity index is 1210. The number of methoxy groups -OCH3 is 1. The van der Waals surface area contributed by atoms with Gasteiger partial charge in [-0.25, -0.2) is 4.98 Å². The molecule has 0 bridgehead atoms. The first-order valence-electron chi connectivity index (χ1n) is 10.6. The standard InChI is InChI=1S/C24H24ClN3O4S/c1-3-11-32-21-16(5-4-6-18(21)31-2)17-12-19(29)26-22-20(17)23(30)28-24(27-22)33-13-14-7-9-15(25)10-8-14/h4-10,17H,3,11-13H2,1-2H3,(H2,26,27,28,29,30)/t17-/m0/s1. The summed E-state index contributed by atoms with van der Waals surface area (Å²) in [5.41, 5.74) is 1.90. The van der Waals surface area contributed by atoms with Crippen molar-refractivity contribution in [2.75, 3.05) is 19.0 Å². The predicted octanol–water partition coefficient (Wildman–Crippen LogP) is 4.99. The van der Waals surface area contributed by atoms with E-state index in [1.165, 1.54) is 11.8 Å². The van der Waals surface area contributed by atoms with Crippen LogP contribution in [0.1, 0.15) is 42.4 Å². The summed E-state index contributed by atoms with van der Waals surface area (Å²) in [5.74, 6) is 1.29. The minimum Gasteiger partial charge on any atom is -0.493 e. The maximum atomic E-state index is 13.2. The first-order chi connectivity index (χ1) is 16.0. The van der Waals surface area contributed by atoms with Crippen molar-refractivity contribution in [1.29, 1.82) is 0 Å². The highest BCUT2D eigenvalue weighted by atomic mass is 35.5. The molecule has 2 aromatic carbocycles. The lowest BCUT2D eigenvalue weighted by Crippen LogP contribution is -2.31. The quantitative estimate of drug-likeness (QED) is 0.345. The molecule has 9 heteroatoms. The fraction of sp³-hybridized carbons (Fsp3) is 0.292. The number of nitrogens with one attached hydrogen (secondary N) is 2. The number of para-hydroxylation sites is 1. The molecule has 1 aliphatic rings. The summed E-state index contributed by atoms with van der Waals surface area (Å²) in [6.45, 7) is 2.50. The Kier molecular flexibility index (Phi) is 7.25. The molecule has 0 spiro atoms. The summed E-state index contributed by atoms with van der Waals surface area (Å²) >= 11 is 7.32. The Morgan fingerprint density at radius 1 is 1.18 bits per heavy atom. The van der Waals surface area contributed by atoms with Gasteiger partial charge >= 0.3 is 0 Å². The normalized spacial score (nSPS) is 15.0. The highest BCUT2D eigenvalue weighted by Crippen LogP contribution is 2.42. The van der Waals surface area contributed by atoms with Crippen molar-refractivity contribution in [3.05, 3.63) is 74.5 Å². The minimum atomic E-state index is -0.498. The highest BCUT2D eigenvalue weighted by Gasteiger charge is 2.33. The molecule has 3 aromatic rings. The minimum absolute atomic E-state index is 0.116. The molecule has 2 N–H and O–H groups in total. The number of fused-ring (bicyclic) bond motifs is 1. The van der Waals surface area contributed by atoms with Crippen LogP contribution in [0.25, 0.3) is 0 Å². The number of thioether (sulfide) groups is 1. The molecule has 0 aliphatic carbocycles. The van der Waals surface area contributed by atoms with Gasteiger partial charge in [0, 0.05) is 28.7 Å². The zero-order valence-electron chi connectivity index (χ0n) is 18.3. The SMILES string of the molecule is CCCOc1c(OC)cccc1[C@@H]1CC(=O)Nc2nc(SCc3ccc(Cl)cc3)[nH]c(=O)c21. The van der Waals surface area contributed by atoms with E-state index >= 15 is 0 Å². The van der Waals surface area contributed by atoms with Crippen LogP contribution in [0.5, 0.6) is 11.5 Å². The lowest BCUT2D eigenvalue weighted by Gasteiger charge is -2.26. The third-order valence-electron chi connectivity index (χ3n) is 5.27. The summed E-state index contributed by atoms with van der Waals surface area (Å²) in [7, 11) is 1.57. The van der Waals surface area contributed by atoms with E-state index in [-0.39, 0.29) is 23.7 Å². The summed E-state index contributed by atoms with van der Waals surface area (Å²) in [6.07, 6.45) is 0.931. The number of rotatable bonds is 8. The number of ether oxygens (including phenoxy) is 2. The van der Waals surface area contributed by atoms with E-state index in [0.717, 1.165) is 17.5 Å². The lowest BCUT2D eigenvalue weighted by molar-refractivity contribution is -0.116. The number of nitrogens with zero attached hydrogens (tertiary/aromatic N) is 1. The Labute approximate surface area is 200 Å². The number of halogens is 1. The summed E-state index contributed by atoms with van der Waals surface area (Å²) in [6, 6.07) is 13.0. The van der Waals surface area contributed by atoms with Gasteiger partial charge in [0.05, 0.1) is 19.3 Å². The average molecular weight is 486 g/mol. The van der Waals surface area contributed by atoms with E-state index in [0.29, 0.717) is 39.6 Å². The third kappa shape index (κ3) is 5.17. The molecule has 172 valence electrons. The van der Waals surface area contributed by atoms with Crippen LogP contribution in [0.2, 0.25) is 5.02 Å². The number of benzene rings is 2. The Morgan fingerprint density at radius 2 is 1.97 bits per heavy atom. The van der Waals surface area contributed by atoms with Gasteiger partial charge in [-0.3, -0.25) is 9.59 Å². The number of carbonyl (C=O) groups excluding carboxylic acids is 1. The second kappa shape index (κ2) is 10.3.